The van der Waals surface area contributed by atoms with Gasteiger partial charge in [0.05, 0.1) is 5.41 Å². The van der Waals surface area contributed by atoms with Gasteiger partial charge in [-0.15, -0.1) is 0 Å². The van der Waals surface area contributed by atoms with Crippen molar-refractivity contribution in [2.24, 2.45) is 5.41 Å². The van der Waals surface area contributed by atoms with Crippen LogP contribution in [0.5, 0.6) is 0 Å². The molecular weight excluding hydrogens is 343 g/mol. The summed E-state index contributed by atoms with van der Waals surface area (Å²) >= 11 is 0. The normalized spacial score (nSPS) is 22.0. The number of piperidine rings is 1. The summed E-state index contributed by atoms with van der Waals surface area (Å²) in [4.78, 5) is 27.7. The summed E-state index contributed by atoms with van der Waals surface area (Å²) in [7, 11) is 0. The molecule has 1 unspecified atom stereocenters. The lowest BCUT2D eigenvalue weighted by atomic mass is 9.69. The number of rotatable bonds is 3. The van der Waals surface area contributed by atoms with Gasteiger partial charge in [0.15, 0.2) is 0 Å². The molecule has 1 saturated heterocycles. The number of allylic oxidation sites excluding steroid dienone is 1. The van der Waals surface area contributed by atoms with E-state index in [0.717, 1.165) is 24.2 Å². The van der Waals surface area contributed by atoms with Gasteiger partial charge < -0.3 is 5.32 Å². The number of nitrogens with zero attached hydrogens (tertiary/aromatic N) is 1. The molecule has 2 aromatic carbocycles. The van der Waals surface area contributed by atoms with Gasteiger partial charge in [-0.3, -0.25) is 14.5 Å². The van der Waals surface area contributed by atoms with Gasteiger partial charge in [0, 0.05) is 23.5 Å². The van der Waals surface area contributed by atoms with Crippen LogP contribution in [0.25, 0.3) is 0 Å². The van der Waals surface area contributed by atoms with Crippen molar-refractivity contribution in [3.05, 3.63) is 72.2 Å². The monoisotopic (exact) mass is 364 g/mol. The topological polar surface area (TPSA) is 49.4 Å². The molecule has 5 heteroatoms. The van der Waals surface area contributed by atoms with Crippen molar-refractivity contribution in [3.8, 4) is 0 Å². The van der Waals surface area contributed by atoms with E-state index < -0.39 is 5.41 Å². The molecule has 2 aliphatic rings. The molecule has 1 aliphatic heterocycles. The predicted octanol–water partition coefficient (Wildman–Crippen LogP) is 4.65. The summed E-state index contributed by atoms with van der Waals surface area (Å²) in [5.41, 5.74) is 1.38. The first-order chi connectivity index (χ1) is 13.1. The fourth-order valence-electron chi connectivity index (χ4n) is 4.08. The molecule has 0 radical (unpaired) electrons. The van der Waals surface area contributed by atoms with Crippen LogP contribution in [0.3, 0.4) is 0 Å². The summed E-state index contributed by atoms with van der Waals surface area (Å²) < 4.78 is 13.2. The molecular formula is C22H21FN2O2. The SMILES string of the molecule is O=C1CCC2(C(=O)Nc3ccc(F)cc3)CCCC=C2N1c1ccccc1. The number of fused-ring (bicyclic) bond motifs is 1. The van der Waals surface area contributed by atoms with E-state index in [-0.39, 0.29) is 17.6 Å². The van der Waals surface area contributed by atoms with E-state index in [2.05, 4.69) is 5.32 Å². The molecule has 0 saturated carbocycles. The van der Waals surface area contributed by atoms with Crippen LogP contribution in [-0.4, -0.2) is 11.8 Å². The number of amides is 2. The maximum atomic E-state index is 13.3. The molecule has 138 valence electrons. The first-order valence-corrected chi connectivity index (χ1v) is 9.26. The first kappa shape index (κ1) is 17.5. The number of halogens is 1. The number of nitrogens with one attached hydrogen (secondary N) is 1. The van der Waals surface area contributed by atoms with Crippen LogP contribution in [0.15, 0.2) is 66.4 Å². The minimum atomic E-state index is -0.740. The van der Waals surface area contributed by atoms with Gasteiger partial charge in [-0.1, -0.05) is 24.3 Å². The van der Waals surface area contributed by atoms with E-state index in [1.165, 1.54) is 12.1 Å². The number of hydrogen-bond donors (Lipinski definition) is 1. The van der Waals surface area contributed by atoms with Gasteiger partial charge in [0.2, 0.25) is 11.8 Å². The molecule has 1 atom stereocenters. The van der Waals surface area contributed by atoms with Crippen molar-refractivity contribution in [1.29, 1.82) is 0 Å². The van der Waals surface area contributed by atoms with Crippen molar-refractivity contribution in [3.63, 3.8) is 0 Å². The Kier molecular flexibility index (Phi) is 4.52. The standard InChI is InChI=1S/C22H21FN2O2/c23-16-9-11-17(12-10-16)24-21(27)22-14-5-4-8-19(22)25(20(26)13-15-22)18-6-2-1-3-7-18/h1-3,6-12H,4-5,13-15H2,(H,24,27). The van der Waals surface area contributed by atoms with Crippen LogP contribution >= 0.6 is 0 Å². The molecule has 1 fully saturated rings. The molecule has 0 bridgehead atoms. The summed E-state index contributed by atoms with van der Waals surface area (Å²) in [6.45, 7) is 0. The zero-order valence-electron chi connectivity index (χ0n) is 15.0. The van der Waals surface area contributed by atoms with Gasteiger partial charge in [0.1, 0.15) is 5.82 Å². The van der Waals surface area contributed by atoms with Crippen molar-refractivity contribution in [2.45, 2.75) is 32.1 Å². The zero-order chi connectivity index (χ0) is 18.9. The minimum Gasteiger partial charge on any atom is -0.325 e. The summed E-state index contributed by atoms with van der Waals surface area (Å²) in [5.74, 6) is -0.462. The maximum Gasteiger partial charge on any atom is 0.236 e. The lowest BCUT2D eigenvalue weighted by Gasteiger charge is -2.45. The Bertz CT molecular complexity index is 892. The summed E-state index contributed by atoms with van der Waals surface area (Å²) in [6, 6.07) is 15.2. The molecule has 1 N–H and O–H groups in total. The number of hydrogen-bond acceptors (Lipinski definition) is 2. The molecule has 4 nitrogen and oxygen atoms in total. The minimum absolute atomic E-state index is 0.0135. The number of benzene rings is 2. The molecule has 2 aromatic rings. The van der Waals surface area contributed by atoms with Crippen molar-refractivity contribution >= 4 is 23.2 Å². The van der Waals surface area contributed by atoms with E-state index in [1.807, 2.05) is 36.4 Å². The second-order valence-electron chi connectivity index (χ2n) is 7.09. The summed E-state index contributed by atoms with van der Waals surface area (Å²) in [5, 5.41) is 2.93. The van der Waals surface area contributed by atoms with Crippen LogP contribution in [0.1, 0.15) is 32.1 Å². The number of carbonyl (C=O) groups excluding carboxylic acids is 2. The molecule has 0 aromatic heterocycles. The van der Waals surface area contributed by atoms with Crippen LogP contribution in [0.4, 0.5) is 15.8 Å². The van der Waals surface area contributed by atoms with Crippen molar-refractivity contribution in [2.75, 3.05) is 10.2 Å². The molecule has 1 heterocycles. The van der Waals surface area contributed by atoms with Crippen LogP contribution in [-0.2, 0) is 9.59 Å². The van der Waals surface area contributed by atoms with E-state index in [1.54, 1.807) is 17.0 Å². The Morgan fingerprint density at radius 2 is 1.78 bits per heavy atom. The van der Waals surface area contributed by atoms with Gasteiger partial charge in [-0.2, -0.15) is 0 Å². The van der Waals surface area contributed by atoms with E-state index in [0.29, 0.717) is 24.9 Å². The first-order valence-electron chi connectivity index (χ1n) is 9.26. The van der Waals surface area contributed by atoms with Gasteiger partial charge >= 0.3 is 0 Å². The molecule has 2 amide bonds. The lowest BCUT2D eigenvalue weighted by molar-refractivity contribution is -0.128. The second kappa shape index (κ2) is 6.99. The molecule has 1 aliphatic carbocycles. The molecule has 4 rings (SSSR count). The van der Waals surface area contributed by atoms with Gasteiger partial charge in [0.25, 0.3) is 0 Å². The third kappa shape index (κ3) is 3.14. The largest absolute Gasteiger partial charge is 0.325 e. The third-order valence-corrected chi connectivity index (χ3v) is 5.44. The predicted molar refractivity (Wildman–Crippen MR) is 103 cm³/mol. The maximum absolute atomic E-state index is 13.3. The fraction of sp³-hybridized carbons (Fsp3) is 0.273. The number of para-hydroxylation sites is 1. The van der Waals surface area contributed by atoms with Crippen molar-refractivity contribution in [1.82, 2.24) is 0 Å². The van der Waals surface area contributed by atoms with Crippen LogP contribution in [0, 0.1) is 11.2 Å². The highest BCUT2D eigenvalue weighted by atomic mass is 19.1. The quantitative estimate of drug-likeness (QED) is 0.862. The highest BCUT2D eigenvalue weighted by Gasteiger charge is 2.50. The Balaban J connectivity index is 1.70. The van der Waals surface area contributed by atoms with E-state index in [9.17, 15) is 14.0 Å². The smallest absolute Gasteiger partial charge is 0.236 e. The Labute approximate surface area is 157 Å². The van der Waals surface area contributed by atoms with Crippen LogP contribution in [0.2, 0.25) is 0 Å². The van der Waals surface area contributed by atoms with Gasteiger partial charge in [-0.25, -0.2) is 4.39 Å². The number of anilines is 2. The average molecular weight is 364 g/mol. The lowest BCUT2D eigenvalue weighted by Crippen LogP contribution is -2.51. The van der Waals surface area contributed by atoms with Crippen molar-refractivity contribution < 1.29 is 14.0 Å². The second-order valence-corrected chi connectivity index (χ2v) is 7.09. The Morgan fingerprint density at radius 3 is 2.52 bits per heavy atom. The third-order valence-electron chi connectivity index (χ3n) is 5.44. The highest BCUT2D eigenvalue weighted by Crippen LogP contribution is 2.48. The Hall–Kier alpha value is -2.95. The van der Waals surface area contributed by atoms with Crippen LogP contribution < -0.4 is 10.2 Å². The van der Waals surface area contributed by atoms with Gasteiger partial charge in [-0.05, 0) is 62.1 Å². The van der Waals surface area contributed by atoms with E-state index in [4.69, 9.17) is 0 Å². The zero-order valence-corrected chi connectivity index (χ0v) is 15.0. The average Bonchev–Trinajstić information content (AvgIpc) is 2.70. The number of carbonyl (C=O) groups is 2. The molecule has 27 heavy (non-hydrogen) atoms. The highest BCUT2D eigenvalue weighted by molar-refractivity contribution is 6.05. The Morgan fingerprint density at radius 1 is 1.04 bits per heavy atom. The fourth-order valence-corrected chi connectivity index (χ4v) is 4.08. The summed E-state index contributed by atoms with van der Waals surface area (Å²) in [6.07, 6.45) is 5.28. The van der Waals surface area contributed by atoms with E-state index >= 15 is 0 Å². The molecule has 0 spiro atoms.